The van der Waals surface area contributed by atoms with Crippen molar-refractivity contribution in [3.05, 3.63) is 35.2 Å². The van der Waals surface area contributed by atoms with Gasteiger partial charge in [0.1, 0.15) is 5.82 Å². The summed E-state index contributed by atoms with van der Waals surface area (Å²) in [5, 5.41) is 3.50. The first-order chi connectivity index (χ1) is 7.58. The number of hydrogen-bond acceptors (Lipinski definition) is 5. The molecule has 0 aromatic carbocycles. The molecule has 2 aromatic heterocycles. The molecule has 2 rings (SSSR count). The Bertz CT molecular complexity index is 579. The zero-order chi connectivity index (χ0) is 11.6. The standard InChI is InChI=1S/C9H9N3O2S2/c10-9-5-8(1-3-11-9)16(13,14)12-7-2-4-15-6-7/h1-6,12H,(H2,10,11). The van der Waals surface area contributed by atoms with Crippen LogP contribution in [0.15, 0.2) is 40.1 Å². The molecule has 0 spiro atoms. The molecule has 5 nitrogen and oxygen atoms in total. The Morgan fingerprint density at radius 3 is 2.81 bits per heavy atom. The fourth-order valence-corrected chi connectivity index (χ4v) is 2.87. The lowest BCUT2D eigenvalue weighted by atomic mass is 10.5. The molecule has 0 saturated heterocycles. The molecule has 0 aliphatic carbocycles. The molecule has 0 amide bonds. The predicted octanol–water partition coefficient (Wildman–Crippen LogP) is 1.53. The van der Waals surface area contributed by atoms with Gasteiger partial charge in [0.25, 0.3) is 10.0 Å². The number of nitrogens with two attached hydrogens (primary N) is 1. The Hall–Kier alpha value is -1.60. The second kappa shape index (κ2) is 4.11. The zero-order valence-electron chi connectivity index (χ0n) is 8.12. The van der Waals surface area contributed by atoms with Gasteiger partial charge in [0, 0.05) is 17.6 Å². The molecule has 3 N–H and O–H groups in total. The minimum Gasteiger partial charge on any atom is -0.384 e. The topological polar surface area (TPSA) is 85.1 Å². The van der Waals surface area contributed by atoms with E-state index in [1.54, 1.807) is 16.8 Å². The minimum absolute atomic E-state index is 0.103. The summed E-state index contributed by atoms with van der Waals surface area (Å²) in [4.78, 5) is 3.84. The highest BCUT2D eigenvalue weighted by Crippen LogP contribution is 2.18. The van der Waals surface area contributed by atoms with Crippen LogP contribution in [0, 0.1) is 0 Å². The van der Waals surface area contributed by atoms with Gasteiger partial charge < -0.3 is 5.73 Å². The number of hydrogen-bond donors (Lipinski definition) is 2. The van der Waals surface area contributed by atoms with Crippen LogP contribution >= 0.6 is 11.3 Å². The Morgan fingerprint density at radius 2 is 2.19 bits per heavy atom. The summed E-state index contributed by atoms with van der Waals surface area (Å²) in [5.41, 5.74) is 5.97. The fraction of sp³-hybridized carbons (Fsp3) is 0. The van der Waals surface area contributed by atoms with E-state index < -0.39 is 10.0 Å². The van der Waals surface area contributed by atoms with E-state index >= 15 is 0 Å². The smallest absolute Gasteiger partial charge is 0.262 e. The van der Waals surface area contributed by atoms with Crippen molar-refractivity contribution in [1.29, 1.82) is 0 Å². The summed E-state index contributed by atoms with van der Waals surface area (Å²) in [6, 6.07) is 4.40. The van der Waals surface area contributed by atoms with E-state index in [0.717, 1.165) is 0 Å². The van der Waals surface area contributed by atoms with Crippen LogP contribution in [-0.2, 0) is 10.0 Å². The minimum atomic E-state index is -3.57. The molecule has 0 bridgehead atoms. The van der Waals surface area contributed by atoms with E-state index in [9.17, 15) is 8.42 Å². The van der Waals surface area contributed by atoms with Gasteiger partial charge in [0.15, 0.2) is 0 Å². The number of rotatable bonds is 3. The number of aromatic nitrogens is 1. The molecule has 84 valence electrons. The third kappa shape index (κ3) is 2.31. The van der Waals surface area contributed by atoms with Crippen LogP contribution in [0.4, 0.5) is 11.5 Å². The van der Waals surface area contributed by atoms with Crippen molar-refractivity contribution in [1.82, 2.24) is 4.98 Å². The van der Waals surface area contributed by atoms with E-state index in [1.807, 2.05) is 0 Å². The van der Waals surface area contributed by atoms with Gasteiger partial charge in [-0.2, -0.15) is 11.3 Å². The van der Waals surface area contributed by atoms with Crippen LogP contribution in [0.1, 0.15) is 0 Å². The molecule has 16 heavy (non-hydrogen) atoms. The van der Waals surface area contributed by atoms with E-state index in [4.69, 9.17) is 5.73 Å². The van der Waals surface area contributed by atoms with Crippen molar-refractivity contribution >= 4 is 32.9 Å². The molecular formula is C9H9N3O2S2. The van der Waals surface area contributed by atoms with Gasteiger partial charge in [0.05, 0.1) is 10.6 Å². The molecule has 0 radical (unpaired) electrons. The molecule has 0 fully saturated rings. The van der Waals surface area contributed by atoms with Crippen LogP contribution in [-0.4, -0.2) is 13.4 Å². The number of nitrogens with zero attached hydrogens (tertiary/aromatic N) is 1. The Kier molecular flexibility index (Phi) is 2.80. The van der Waals surface area contributed by atoms with Crippen molar-refractivity contribution in [2.45, 2.75) is 4.90 Å². The van der Waals surface area contributed by atoms with E-state index in [1.165, 1.54) is 29.7 Å². The highest BCUT2D eigenvalue weighted by atomic mass is 32.2. The van der Waals surface area contributed by atoms with Crippen molar-refractivity contribution in [2.75, 3.05) is 10.5 Å². The lowest BCUT2D eigenvalue weighted by molar-refractivity contribution is 0.601. The second-order valence-corrected chi connectivity index (χ2v) is 5.50. The van der Waals surface area contributed by atoms with Crippen LogP contribution in [0.25, 0.3) is 0 Å². The predicted molar refractivity (Wildman–Crippen MR) is 63.8 cm³/mol. The van der Waals surface area contributed by atoms with Gasteiger partial charge in [0.2, 0.25) is 0 Å². The summed E-state index contributed by atoms with van der Waals surface area (Å²) in [7, 11) is -3.57. The van der Waals surface area contributed by atoms with Crippen LogP contribution in [0.5, 0.6) is 0 Å². The van der Waals surface area contributed by atoms with E-state index in [2.05, 4.69) is 9.71 Å². The summed E-state index contributed by atoms with van der Waals surface area (Å²) in [6.07, 6.45) is 1.36. The van der Waals surface area contributed by atoms with Gasteiger partial charge >= 0.3 is 0 Å². The highest BCUT2D eigenvalue weighted by Gasteiger charge is 2.14. The monoisotopic (exact) mass is 255 g/mol. The van der Waals surface area contributed by atoms with Gasteiger partial charge in [-0.3, -0.25) is 4.72 Å². The molecular weight excluding hydrogens is 246 g/mol. The number of nitrogens with one attached hydrogen (secondary N) is 1. The Morgan fingerprint density at radius 1 is 1.38 bits per heavy atom. The average molecular weight is 255 g/mol. The van der Waals surface area contributed by atoms with E-state index in [-0.39, 0.29) is 10.7 Å². The normalized spacial score (nSPS) is 11.2. The van der Waals surface area contributed by atoms with Crippen molar-refractivity contribution in [3.63, 3.8) is 0 Å². The van der Waals surface area contributed by atoms with Crippen molar-refractivity contribution in [2.24, 2.45) is 0 Å². The van der Waals surface area contributed by atoms with E-state index in [0.29, 0.717) is 5.69 Å². The van der Waals surface area contributed by atoms with Gasteiger partial charge in [-0.05, 0) is 17.5 Å². The number of sulfonamides is 1. The number of anilines is 2. The van der Waals surface area contributed by atoms with Crippen LogP contribution in [0.3, 0.4) is 0 Å². The maximum Gasteiger partial charge on any atom is 0.262 e. The zero-order valence-corrected chi connectivity index (χ0v) is 9.75. The van der Waals surface area contributed by atoms with Crippen LogP contribution < -0.4 is 10.5 Å². The molecule has 0 aliphatic rings. The maximum absolute atomic E-state index is 11.9. The quantitative estimate of drug-likeness (QED) is 0.871. The van der Waals surface area contributed by atoms with Crippen molar-refractivity contribution < 1.29 is 8.42 Å². The van der Waals surface area contributed by atoms with Gasteiger partial charge in [-0.25, -0.2) is 13.4 Å². The first-order valence-corrected chi connectivity index (χ1v) is 6.77. The highest BCUT2D eigenvalue weighted by molar-refractivity contribution is 7.92. The fourth-order valence-electron chi connectivity index (χ4n) is 1.13. The van der Waals surface area contributed by atoms with Crippen molar-refractivity contribution in [3.8, 4) is 0 Å². The first kappa shape index (κ1) is 10.9. The Labute approximate surface area is 97.0 Å². The summed E-state index contributed by atoms with van der Waals surface area (Å²) >= 11 is 1.41. The lowest BCUT2D eigenvalue weighted by Crippen LogP contribution is -2.12. The Balaban J connectivity index is 2.33. The van der Waals surface area contributed by atoms with Gasteiger partial charge in [-0.15, -0.1) is 0 Å². The molecule has 0 aliphatic heterocycles. The SMILES string of the molecule is Nc1cc(S(=O)(=O)Nc2ccsc2)ccn1. The molecule has 2 aromatic rings. The average Bonchev–Trinajstić information content (AvgIpc) is 2.70. The van der Waals surface area contributed by atoms with Gasteiger partial charge in [-0.1, -0.05) is 0 Å². The number of nitrogen functional groups attached to an aromatic ring is 1. The first-order valence-electron chi connectivity index (χ1n) is 4.34. The van der Waals surface area contributed by atoms with Crippen LogP contribution in [0.2, 0.25) is 0 Å². The molecule has 0 unspecified atom stereocenters. The summed E-state index contributed by atoms with van der Waals surface area (Å²) in [5.74, 6) is 0.174. The summed E-state index contributed by atoms with van der Waals surface area (Å²) < 4.78 is 26.2. The summed E-state index contributed by atoms with van der Waals surface area (Å²) in [6.45, 7) is 0. The second-order valence-electron chi connectivity index (χ2n) is 3.03. The maximum atomic E-state index is 11.9. The molecule has 7 heteroatoms. The molecule has 0 atom stereocenters. The third-order valence-electron chi connectivity index (χ3n) is 1.84. The molecule has 2 heterocycles. The number of pyridine rings is 1. The molecule has 0 saturated carbocycles. The largest absolute Gasteiger partial charge is 0.384 e. The third-order valence-corrected chi connectivity index (χ3v) is 3.90. The number of thiophene rings is 1. The lowest BCUT2D eigenvalue weighted by Gasteiger charge is -2.05.